The van der Waals surface area contributed by atoms with Crippen molar-refractivity contribution in [3.63, 3.8) is 0 Å². The van der Waals surface area contributed by atoms with Crippen LogP contribution in [0.5, 0.6) is 0 Å². The average Bonchev–Trinajstić information content (AvgIpc) is 2.62. The highest BCUT2D eigenvalue weighted by Gasteiger charge is 2.33. The van der Waals surface area contributed by atoms with E-state index in [4.69, 9.17) is 21.1 Å². The third-order valence-corrected chi connectivity index (χ3v) is 3.34. The molecule has 0 radical (unpaired) electrons. The standard InChI is InChI=1S/C10H19ClO2/c1-12-6-3-2-4-10(8-11)5-7-13-9-10/h2-9H2,1H3. The maximum Gasteiger partial charge on any atom is 0.0534 e. The van der Waals surface area contributed by atoms with Crippen LogP contribution in [0.1, 0.15) is 25.7 Å². The summed E-state index contributed by atoms with van der Waals surface area (Å²) in [6, 6.07) is 0. The lowest BCUT2D eigenvalue weighted by Gasteiger charge is -2.23. The summed E-state index contributed by atoms with van der Waals surface area (Å²) in [5, 5.41) is 0. The number of methoxy groups -OCH3 is 1. The lowest BCUT2D eigenvalue weighted by atomic mass is 9.84. The van der Waals surface area contributed by atoms with E-state index in [1.165, 1.54) is 12.8 Å². The van der Waals surface area contributed by atoms with E-state index in [9.17, 15) is 0 Å². The van der Waals surface area contributed by atoms with Crippen molar-refractivity contribution in [2.75, 3.05) is 32.8 Å². The summed E-state index contributed by atoms with van der Waals surface area (Å²) in [5.74, 6) is 0.736. The number of rotatable bonds is 6. The van der Waals surface area contributed by atoms with E-state index in [2.05, 4.69) is 0 Å². The van der Waals surface area contributed by atoms with Gasteiger partial charge in [-0.15, -0.1) is 11.6 Å². The van der Waals surface area contributed by atoms with Crippen LogP contribution < -0.4 is 0 Å². The molecule has 0 saturated carbocycles. The molecular weight excluding hydrogens is 188 g/mol. The highest BCUT2D eigenvalue weighted by molar-refractivity contribution is 6.18. The van der Waals surface area contributed by atoms with Crippen LogP contribution >= 0.6 is 11.6 Å². The van der Waals surface area contributed by atoms with Gasteiger partial charge in [-0.25, -0.2) is 0 Å². The number of alkyl halides is 1. The summed E-state index contributed by atoms with van der Waals surface area (Å²) >= 11 is 5.97. The molecule has 0 aliphatic carbocycles. The van der Waals surface area contributed by atoms with Crippen molar-refractivity contribution < 1.29 is 9.47 Å². The largest absolute Gasteiger partial charge is 0.385 e. The van der Waals surface area contributed by atoms with Gasteiger partial charge in [0.25, 0.3) is 0 Å². The molecular formula is C10H19ClO2. The lowest BCUT2D eigenvalue weighted by molar-refractivity contribution is 0.149. The highest BCUT2D eigenvalue weighted by Crippen LogP contribution is 2.35. The minimum absolute atomic E-state index is 0.273. The van der Waals surface area contributed by atoms with E-state index in [1.54, 1.807) is 7.11 Å². The van der Waals surface area contributed by atoms with Crippen LogP contribution in [0.2, 0.25) is 0 Å². The van der Waals surface area contributed by atoms with Crippen LogP contribution in [0.15, 0.2) is 0 Å². The van der Waals surface area contributed by atoms with Crippen molar-refractivity contribution in [1.29, 1.82) is 0 Å². The Balaban J connectivity index is 2.16. The quantitative estimate of drug-likeness (QED) is 0.491. The van der Waals surface area contributed by atoms with Gasteiger partial charge in [0.1, 0.15) is 0 Å². The molecule has 1 heterocycles. The second kappa shape index (κ2) is 5.84. The van der Waals surface area contributed by atoms with Crippen molar-refractivity contribution >= 4 is 11.6 Å². The maximum atomic E-state index is 5.97. The van der Waals surface area contributed by atoms with Crippen LogP contribution in [0.25, 0.3) is 0 Å². The first-order valence-corrected chi connectivity index (χ1v) is 5.49. The Hall–Kier alpha value is 0.210. The molecule has 1 atom stereocenters. The minimum Gasteiger partial charge on any atom is -0.385 e. The molecule has 1 unspecified atom stereocenters. The van der Waals surface area contributed by atoms with E-state index < -0.39 is 0 Å². The summed E-state index contributed by atoms with van der Waals surface area (Å²) in [6.45, 7) is 2.60. The second-order valence-corrected chi connectivity index (χ2v) is 4.15. The lowest BCUT2D eigenvalue weighted by Crippen LogP contribution is -2.23. The Morgan fingerprint density at radius 1 is 1.46 bits per heavy atom. The molecule has 0 bridgehead atoms. The first-order chi connectivity index (χ1) is 6.33. The molecule has 1 fully saturated rings. The molecule has 0 aromatic rings. The Kier molecular flexibility index (Phi) is 5.07. The third kappa shape index (κ3) is 3.45. The minimum atomic E-state index is 0.273. The van der Waals surface area contributed by atoms with E-state index in [0.717, 1.165) is 38.5 Å². The fraction of sp³-hybridized carbons (Fsp3) is 1.00. The van der Waals surface area contributed by atoms with E-state index in [1.807, 2.05) is 0 Å². The van der Waals surface area contributed by atoms with E-state index >= 15 is 0 Å². The molecule has 1 aliphatic rings. The van der Waals surface area contributed by atoms with Crippen molar-refractivity contribution in [3.05, 3.63) is 0 Å². The number of hydrogen-bond donors (Lipinski definition) is 0. The molecule has 1 saturated heterocycles. The number of halogens is 1. The SMILES string of the molecule is COCCCCC1(CCl)CCOC1. The summed E-state index contributed by atoms with van der Waals surface area (Å²) < 4.78 is 10.4. The van der Waals surface area contributed by atoms with Gasteiger partial charge in [-0.2, -0.15) is 0 Å². The highest BCUT2D eigenvalue weighted by atomic mass is 35.5. The van der Waals surface area contributed by atoms with Crippen molar-refractivity contribution in [3.8, 4) is 0 Å². The van der Waals surface area contributed by atoms with Crippen LogP contribution in [0.4, 0.5) is 0 Å². The molecule has 1 aliphatic heterocycles. The van der Waals surface area contributed by atoms with Gasteiger partial charge < -0.3 is 9.47 Å². The normalized spacial score (nSPS) is 28.2. The van der Waals surface area contributed by atoms with Gasteiger partial charge >= 0.3 is 0 Å². The van der Waals surface area contributed by atoms with Gasteiger partial charge in [-0.1, -0.05) is 6.42 Å². The Bertz CT molecular complexity index is 133. The molecule has 13 heavy (non-hydrogen) atoms. The van der Waals surface area contributed by atoms with Crippen LogP contribution in [-0.2, 0) is 9.47 Å². The van der Waals surface area contributed by atoms with Gasteiger partial charge in [0.05, 0.1) is 6.61 Å². The molecule has 0 spiro atoms. The average molecular weight is 207 g/mol. The van der Waals surface area contributed by atoms with Gasteiger partial charge in [-0.3, -0.25) is 0 Å². The molecule has 78 valence electrons. The number of hydrogen-bond acceptors (Lipinski definition) is 2. The smallest absolute Gasteiger partial charge is 0.0534 e. The molecule has 0 aromatic heterocycles. The molecule has 0 N–H and O–H groups in total. The van der Waals surface area contributed by atoms with Crippen molar-refractivity contribution in [1.82, 2.24) is 0 Å². The molecule has 2 nitrogen and oxygen atoms in total. The zero-order valence-corrected chi connectivity index (χ0v) is 9.11. The molecule has 0 aromatic carbocycles. The summed E-state index contributed by atoms with van der Waals surface area (Å²) in [5.41, 5.74) is 0.273. The van der Waals surface area contributed by atoms with Crippen LogP contribution in [0.3, 0.4) is 0 Å². The molecule has 1 rings (SSSR count). The maximum absolute atomic E-state index is 5.97. The van der Waals surface area contributed by atoms with Crippen molar-refractivity contribution in [2.24, 2.45) is 5.41 Å². The number of ether oxygens (including phenoxy) is 2. The first-order valence-electron chi connectivity index (χ1n) is 4.96. The molecule has 0 amide bonds. The van der Waals surface area contributed by atoms with Crippen LogP contribution in [-0.4, -0.2) is 32.8 Å². The predicted octanol–water partition coefficient (Wildman–Crippen LogP) is 2.45. The van der Waals surface area contributed by atoms with Gasteiger partial charge in [0, 0.05) is 31.6 Å². The van der Waals surface area contributed by atoms with E-state index in [-0.39, 0.29) is 5.41 Å². The Morgan fingerprint density at radius 2 is 2.31 bits per heavy atom. The Morgan fingerprint density at radius 3 is 2.85 bits per heavy atom. The van der Waals surface area contributed by atoms with Gasteiger partial charge in [0.2, 0.25) is 0 Å². The van der Waals surface area contributed by atoms with Crippen molar-refractivity contribution in [2.45, 2.75) is 25.7 Å². The monoisotopic (exact) mass is 206 g/mol. The summed E-state index contributed by atoms with van der Waals surface area (Å²) in [7, 11) is 1.75. The second-order valence-electron chi connectivity index (χ2n) is 3.89. The van der Waals surface area contributed by atoms with Gasteiger partial charge in [0.15, 0.2) is 0 Å². The third-order valence-electron chi connectivity index (χ3n) is 2.77. The fourth-order valence-electron chi connectivity index (χ4n) is 1.77. The first kappa shape index (κ1) is 11.3. The Labute approximate surface area is 85.5 Å². The number of unbranched alkanes of at least 4 members (excludes halogenated alkanes) is 1. The summed E-state index contributed by atoms with van der Waals surface area (Å²) in [4.78, 5) is 0. The topological polar surface area (TPSA) is 18.5 Å². The predicted molar refractivity (Wildman–Crippen MR) is 54.3 cm³/mol. The van der Waals surface area contributed by atoms with Crippen LogP contribution in [0, 0.1) is 5.41 Å². The fourth-order valence-corrected chi connectivity index (χ4v) is 2.11. The zero-order valence-electron chi connectivity index (χ0n) is 8.35. The summed E-state index contributed by atoms with van der Waals surface area (Å²) in [6.07, 6.45) is 4.64. The zero-order chi connectivity index (χ0) is 9.57. The van der Waals surface area contributed by atoms with Gasteiger partial charge in [-0.05, 0) is 19.3 Å². The van der Waals surface area contributed by atoms with E-state index in [0.29, 0.717) is 0 Å². The molecule has 3 heteroatoms.